The molecule has 12 heteroatoms. The van der Waals surface area contributed by atoms with Crippen molar-refractivity contribution in [3.8, 4) is 17.3 Å². The van der Waals surface area contributed by atoms with E-state index in [1.807, 2.05) is 0 Å². The molecule has 7 nitrogen and oxygen atoms in total. The lowest BCUT2D eigenvalue weighted by molar-refractivity contribution is -0.154. The fourth-order valence-electron chi connectivity index (χ4n) is 2.34. The largest absolute Gasteiger partial charge is 0.454 e. The molecule has 0 radical (unpaired) electrons. The first-order chi connectivity index (χ1) is 14.0. The van der Waals surface area contributed by atoms with Gasteiger partial charge in [0.25, 0.3) is 11.5 Å². The molecule has 3 rings (SSSR count). The maximum atomic E-state index is 13.2. The summed E-state index contributed by atoms with van der Waals surface area (Å²) in [6.45, 7) is -0.818. The van der Waals surface area contributed by atoms with Gasteiger partial charge in [0.1, 0.15) is 5.69 Å². The van der Waals surface area contributed by atoms with E-state index in [1.54, 1.807) is 0 Å². The molecule has 0 amide bonds. The van der Waals surface area contributed by atoms with Gasteiger partial charge in [0.15, 0.2) is 6.61 Å². The molecule has 0 saturated carbocycles. The summed E-state index contributed by atoms with van der Waals surface area (Å²) in [5, 5.41) is 4.15. The lowest BCUT2D eigenvalue weighted by atomic mass is 10.2. The van der Waals surface area contributed by atoms with Crippen molar-refractivity contribution in [2.45, 2.75) is 25.6 Å². The van der Waals surface area contributed by atoms with E-state index in [-0.39, 0.29) is 12.2 Å². The lowest BCUT2D eigenvalue weighted by Gasteiger charge is -2.11. The molecule has 0 aliphatic rings. The Balaban J connectivity index is 1.77. The zero-order valence-electron chi connectivity index (χ0n) is 15.4. The topological polar surface area (TPSA) is 82.8 Å². The molecule has 158 valence electrons. The van der Waals surface area contributed by atoms with Gasteiger partial charge in [-0.3, -0.25) is 9.78 Å². The zero-order chi connectivity index (χ0) is 21.9. The van der Waals surface area contributed by atoms with Gasteiger partial charge in [-0.05, 0) is 17.7 Å². The molecule has 3 aromatic rings. The third-order valence-electron chi connectivity index (χ3n) is 3.76. The van der Waals surface area contributed by atoms with Crippen molar-refractivity contribution in [1.82, 2.24) is 24.7 Å². The van der Waals surface area contributed by atoms with E-state index in [9.17, 15) is 26.7 Å². The van der Waals surface area contributed by atoms with E-state index in [4.69, 9.17) is 0 Å². The van der Waals surface area contributed by atoms with Gasteiger partial charge in [-0.2, -0.15) is 27.1 Å². The maximum absolute atomic E-state index is 13.2. The van der Waals surface area contributed by atoms with E-state index in [2.05, 4.69) is 24.8 Å². The summed E-state index contributed by atoms with van der Waals surface area (Å²) in [5.74, 6) is -3.08. The van der Waals surface area contributed by atoms with Crippen LogP contribution in [0.15, 0.2) is 47.7 Å². The van der Waals surface area contributed by atoms with Crippen LogP contribution in [0.4, 0.5) is 22.0 Å². The highest BCUT2D eigenvalue weighted by Crippen LogP contribution is 2.24. The molecule has 0 fully saturated rings. The molecular weight excluding hydrogens is 413 g/mol. The average molecular weight is 427 g/mol. The van der Waals surface area contributed by atoms with Gasteiger partial charge in [-0.25, -0.2) is 14.6 Å². The summed E-state index contributed by atoms with van der Waals surface area (Å²) in [5.41, 5.74) is 0.241. The zero-order valence-corrected chi connectivity index (χ0v) is 15.4. The van der Waals surface area contributed by atoms with E-state index < -0.39 is 36.0 Å². The van der Waals surface area contributed by atoms with Crippen LogP contribution in [0.25, 0.3) is 11.3 Å². The van der Waals surface area contributed by atoms with Crippen molar-refractivity contribution in [2.75, 3.05) is 6.61 Å². The van der Waals surface area contributed by atoms with Gasteiger partial charge < -0.3 is 4.74 Å². The number of alkyl halides is 5. The molecule has 3 aromatic heterocycles. The molecule has 0 aromatic carbocycles. The number of ether oxygens (including phenoxy) is 1. The highest BCUT2D eigenvalue weighted by atomic mass is 19.4. The van der Waals surface area contributed by atoms with Crippen molar-refractivity contribution in [3.63, 3.8) is 0 Å². The normalized spacial score (nSPS) is 12.1. The Bertz CT molecular complexity index is 1060. The van der Waals surface area contributed by atoms with E-state index in [1.165, 1.54) is 36.8 Å². The first kappa shape index (κ1) is 21.3. The standard InChI is InChI=1S/C18H14F5N5O2/c1-17(19,20)14-4-2-11(6-24-14)9-28-15(29)5-3-13(27-28)12-7-25-16(26-8-12)30-10-18(21,22)23/h2-8H,9-10H2,1H3. The number of aromatic nitrogens is 5. The molecule has 0 bridgehead atoms. The Kier molecular flexibility index (Phi) is 5.76. The Labute approximate surface area is 166 Å². The molecule has 0 unspecified atom stereocenters. The minimum atomic E-state index is -4.51. The summed E-state index contributed by atoms with van der Waals surface area (Å²) in [4.78, 5) is 23.1. The predicted octanol–water partition coefficient (Wildman–Crippen LogP) is 3.20. The van der Waals surface area contributed by atoms with Crippen molar-refractivity contribution in [3.05, 3.63) is 64.5 Å². The first-order valence-electron chi connectivity index (χ1n) is 8.45. The summed E-state index contributed by atoms with van der Waals surface area (Å²) < 4.78 is 68.5. The number of pyridine rings is 1. The Morgan fingerprint density at radius 1 is 0.967 bits per heavy atom. The van der Waals surface area contributed by atoms with Crippen molar-refractivity contribution in [1.29, 1.82) is 0 Å². The molecule has 0 spiro atoms. The van der Waals surface area contributed by atoms with Crippen LogP contribution in [0.3, 0.4) is 0 Å². The maximum Gasteiger partial charge on any atom is 0.422 e. The monoisotopic (exact) mass is 427 g/mol. The van der Waals surface area contributed by atoms with Crippen molar-refractivity contribution >= 4 is 0 Å². The molecule has 3 heterocycles. The van der Waals surface area contributed by atoms with Crippen LogP contribution in [-0.2, 0) is 12.5 Å². The van der Waals surface area contributed by atoms with Crippen LogP contribution in [0.5, 0.6) is 6.01 Å². The minimum absolute atomic E-state index is 0.0249. The molecule has 0 aliphatic carbocycles. The van der Waals surface area contributed by atoms with Crippen LogP contribution in [0, 0.1) is 0 Å². The fraction of sp³-hybridized carbons (Fsp3) is 0.278. The lowest BCUT2D eigenvalue weighted by Crippen LogP contribution is -2.23. The summed E-state index contributed by atoms with van der Waals surface area (Å²) in [6.07, 6.45) is -0.881. The molecule has 0 atom stereocenters. The van der Waals surface area contributed by atoms with Gasteiger partial charge in [-0.15, -0.1) is 0 Å². The average Bonchev–Trinajstić information content (AvgIpc) is 2.68. The molecule has 30 heavy (non-hydrogen) atoms. The van der Waals surface area contributed by atoms with E-state index in [0.29, 0.717) is 11.1 Å². The second-order valence-electron chi connectivity index (χ2n) is 6.31. The van der Waals surface area contributed by atoms with Gasteiger partial charge in [0.05, 0.1) is 12.2 Å². The SMILES string of the molecule is CC(F)(F)c1ccc(Cn2nc(-c3cnc(OCC(F)(F)F)nc3)ccc2=O)cn1. The second-order valence-corrected chi connectivity index (χ2v) is 6.31. The number of rotatable bonds is 6. The van der Waals surface area contributed by atoms with Gasteiger partial charge in [0, 0.05) is 37.1 Å². The number of hydrogen-bond acceptors (Lipinski definition) is 6. The number of nitrogens with zero attached hydrogens (tertiary/aromatic N) is 5. The third-order valence-corrected chi connectivity index (χ3v) is 3.76. The van der Waals surface area contributed by atoms with Crippen LogP contribution in [-0.4, -0.2) is 37.5 Å². The van der Waals surface area contributed by atoms with Gasteiger partial charge in [0.2, 0.25) is 0 Å². The highest BCUT2D eigenvalue weighted by molar-refractivity contribution is 5.55. The molecule has 0 N–H and O–H groups in total. The predicted molar refractivity (Wildman–Crippen MR) is 94.0 cm³/mol. The van der Waals surface area contributed by atoms with Crippen molar-refractivity contribution in [2.24, 2.45) is 0 Å². The Morgan fingerprint density at radius 2 is 1.67 bits per heavy atom. The Morgan fingerprint density at radius 3 is 2.23 bits per heavy atom. The first-order valence-corrected chi connectivity index (χ1v) is 8.45. The van der Waals surface area contributed by atoms with Gasteiger partial charge >= 0.3 is 12.2 Å². The smallest absolute Gasteiger partial charge is 0.422 e. The molecule has 0 aliphatic heterocycles. The minimum Gasteiger partial charge on any atom is -0.454 e. The van der Waals surface area contributed by atoms with Crippen LogP contribution in [0.2, 0.25) is 0 Å². The van der Waals surface area contributed by atoms with Crippen molar-refractivity contribution < 1.29 is 26.7 Å². The van der Waals surface area contributed by atoms with Crippen LogP contribution in [0.1, 0.15) is 18.2 Å². The molecule has 0 saturated heterocycles. The highest BCUT2D eigenvalue weighted by Gasteiger charge is 2.29. The summed E-state index contributed by atoms with van der Waals surface area (Å²) in [6, 6.07) is 4.75. The quantitative estimate of drug-likeness (QED) is 0.562. The number of hydrogen-bond donors (Lipinski definition) is 0. The van der Waals surface area contributed by atoms with Gasteiger partial charge in [-0.1, -0.05) is 6.07 Å². The second kappa shape index (κ2) is 8.13. The third kappa shape index (κ3) is 5.55. The molecular formula is C18H14F5N5O2. The van der Waals surface area contributed by atoms with E-state index >= 15 is 0 Å². The number of halogens is 5. The summed E-state index contributed by atoms with van der Waals surface area (Å²) in [7, 11) is 0. The van der Waals surface area contributed by atoms with Crippen LogP contribution < -0.4 is 10.3 Å². The van der Waals surface area contributed by atoms with E-state index in [0.717, 1.165) is 17.7 Å². The summed E-state index contributed by atoms with van der Waals surface area (Å²) >= 11 is 0. The Hall–Kier alpha value is -3.44. The fourth-order valence-corrected chi connectivity index (χ4v) is 2.34. The van der Waals surface area contributed by atoms with Crippen LogP contribution >= 0.6 is 0 Å².